The number of hydrogen-bond donors (Lipinski definition) is 1. The van der Waals surface area contributed by atoms with E-state index in [4.69, 9.17) is 19.3 Å². The summed E-state index contributed by atoms with van der Waals surface area (Å²) in [5.74, 6) is -1.46. The lowest BCUT2D eigenvalue weighted by Crippen LogP contribution is -2.36. The molecule has 0 amide bonds. The zero-order valence-corrected chi connectivity index (χ0v) is 10.9. The highest BCUT2D eigenvalue weighted by Gasteiger charge is 2.27. The molecule has 6 nitrogen and oxygen atoms in total. The molecule has 2 unspecified atom stereocenters. The topological polar surface area (TPSA) is 82.1 Å². The van der Waals surface area contributed by atoms with Crippen LogP contribution in [0.3, 0.4) is 0 Å². The zero-order valence-electron chi connectivity index (χ0n) is 10.9. The van der Waals surface area contributed by atoms with Crippen molar-refractivity contribution in [1.29, 1.82) is 0 Å². The van der Waals surface area contributed by atoms with E-state index in [2.05, 4.69) is 0 Å². The fraction of sp³-hybridized carbons (Fsp3) is 0.833. The number of carbonyl (C=O) groups is 2. The molecule has 0 aromatic rings. The van der Waals surface area contributed by atoms with Gasteiger partial charge in [-0.15, -0.1) is 0 Å². The second kappa shape index (κ2) is 6.70. The van der Waals surface area contributed by atoms with E-state index in [-0.39, 0.29) is 12.2 Å². The predicted octanol–water partition coefficient (Wildman–Crippen LogP) is 0.410. The highest BCUT2D eigenvalue weighted by atomic mass is 16.6. The molecule has 0 bridgehead atoms. The molecule has 0 spiro atoms. The lowest BCUT2D eigenvalue weighted by atomic mass is 10.1. The first-order valence-electron chi connectivity index (χ1n) is 6.10. The van der Waals surface area contributed by atoms with Crippen molar-refractivity contribution in [3.05, 3.63) is 0 Å². The average molecular weight is 260 g/mol. The summed E-state index contributed by atoms with van der Waals surface area (Å²) in [7, 11) is 0. The first-order valence-corrected chi connectivity index (χ1v) is 6.10. The number of aliphatic hydroxyl groups excluding tert-OH is 1. The highest BCUT2D eigenvalue weighted by molar-refractivity contribution is 5.80. The quantitative estimate of drug-likeness (QED) is 0.737. The first-order chi connectivity index (χ1) is 8.40. The fourth-order valence-corrected chi connectivity index (χ4v) is 1.53. The van der Waals surface area contributed by atoms with E-state index in [1.165, 1.54) is 13.8 Å². The van der Waals surface area contributed by atoms with E-state index in [0.29, 0.717) is 6.61 Å². The first kappa shape index (κ1) is 14.9. The van der Waals surface area contributed by atoms with Crippen molar-refractivity contribution >= 4 is 11.9 Å². The molecular formula is C12H20O6. The van der Waals surface area contributed by atoms with Crippen molar-refractivity contribution < 1.29 is 28.9 Å². The molecular weight excluding hydrogens is 240 g/mol. The molecule has 1 saturated heterocycles. The van der Waals surface area contributed by atoms with Crippen LogP contribution in [0.15, 0.2) is 0 Å². The molecule has 0 saturated carbocycles. The summed E-state index contributed by atoms with van der Waals surface area (Å²) in [6.07, 6.45) is -0.804. The molecule has 4 atom stereocenters. The Morgan fingerprint density at radius 2 is 1.94 bits per heavy atom. The monoisotopic (exact) mass is 260 g/mol. The van der Waals surface area contributed by atoms with E-state index in [9.17, 15) is 9.59 Å². The van der Waals surface area contributed by atoms with Crippen molar-refractivity contribution in [2.24, 2.45) is 0 Å². The number of esters is 2. The summed E-state index contributed by atoms with van der Waals surface area (Å²) in [4.78, 5) is 22.7. The molecule has 1 N–H and O–H groups in total. The molecule has 0 aromatic carbocycles. The van der Waals surface area contributed by atoms with E-state index < -0.39 is 24.1 Å². The molecule has 104 valence electrons. The van der Waals surface area contributed by atoms with Gasteiger partial charge in [0, 0.05) is 0 Å². The van der Waals surface area contributed by atoms with Gasteiger partial charge >= 0.3 is 11.9 Å². The summed E-state index contributed by atoms with van der Waals surface area (Å²) in [6, 6.07) is 0. The summed E-state index contributed by atoms with van der Waals surface area (Å²) in [5, 5.41) is 8.96. The Hall–Kier alpha value is -1.14. The van der Waals surface area contributed by atoms with Gasteiger partial charge in [-0.25, -0.2) is 9.59 Å². The normalized spacial score (nSPS) is 27.1. The minimum atomic E-state index is -1.25. The second-order valence-electron chi connectivity index (χ2n) is 4.54. The van der Waals surface area contributed by atoms with Crippen LogP contribution in [0.25, 0.3) is 0 Å². The maximum atomic E-state index is 11.6. The average Bonchev–Trinajstić information content (AvgIpc) is 2.31. The Morgan fingerprint density at radius 1 is 1.28 bits per heavy atom. The molecule has 0 aromatic heterocycles. The van der Waals surface area contributed by atoms with Gasteiger partial charge in [-0.05, 0) is 33.6 Å². The molecule has 0 radical (unpaired) electrons. The van der Waals surface area contributed by atoms with E-state index >= 15 is 0 Å². The molecule has 6 heteroatoms. The van der Waals surface area contributed by atoms with Crippen LogP contribution in [0.2, 0.25) is 0 Å². The fourth-order valence-electron chi connectivity index (χ4n) is 1.53. The summed E-state index contributed by atoms with van der Waals surface area (Å²) < 4.78 is 15.3. The summed E-state index contributed by atoms with van der Waals surface area (Å²) >= 11 is 0. The van der Waals surface area contributed by atoms with Crippen LogP contribution < -0.4 is 0 Å². The molecule has 1 aliphatic rings. The maximum absolute atomic E-state index is 11.6. The summed E-state index contributed by atoms with van der Waals surface area (Å²) in [6.45, 7) is 5.01. The van der Waals surface area contributed by atoms with Crippen LogP contribution in [0, 0.1) is 0 Å². The Kier molecular flexibility index (Phi) is 5.55. The molecule has 1 fully saturated rings. The number of hydrogen-bond acceptors (Lipinski definition) is 6. The third kappa shape index (κ3) is 4.62. The van der Waals surface area contributed by atoms with Gasteiger partial charge in [0.15, 0.2) is 6.10 Å². The van der Waals surface area contributed by atoms with Gasteiger partial charge in [-0.3, -0.25) is 0 Å². The second-order valence-corrected chi connectivity index (χ2v) is 4.54. The third-order valence-electron chi connectivity index (χ3n) is 2.71. The van der Waals surface area contributed by atoms with Crippen LogP contribution >= 0.6 is 0 Å². The van der Waals surface area contributed by atoms with E-state index in [1.807, 2.05) is 6.92 Å². The van der Waals surface area contributed by atoms with Crippen molar-refractivity contribution in [3.63, 3.8) is 0 Å². The van der Waals surface area contributed by atoms with Gasteiger partial charge in [0.2, 0.25) is 0 Å². The number of rotatable bonds is 4. The number of carbonyl (C=O) groups excluding carboxylic acids is 2. The molecule has 1 aliphatic heterocycles. The minimum absolute atomic E-state index is 0.186. The smallest absolute Gasteiger partial charge is 0.347 e. The van der Waals surface area contributed by atoms with Gasteiger partial charge in [0.1, 0.15) is 12.2 Å². The van der Waals surface area contributed by atoms with Gasteiger partial charge in [-0.2, -0.15) is 0 Å². The van der Waals surface area contributed by atoms with Gasteiger partial charge in [0.25, 0.3) is 0 Å². The Balaban J connectivity index is 2.33. The highest BCUT2D eigenvalue weighted by Crippen LogP contribution is 2.16. The zero-order chi connectivity index (χ0) is 13.7. The molecule has 18 heavy (non-hydrogen) atoms. The van der Waals surface area contributed by atoms with Crippen LogP contribution in [0.1, 0.15) is 33.6 Å². The lowest BCUT2D eigenvalue weighted by Gasteiger charge is -2.27. The molecule has 1 rings (SSSR count). The standard InChI is InChI=1S/C12H20O6/c1-7-4-5-10(6-16-7)18-12(15)9(3)17-11(14)8(2)13/h7-10,13H,4-6H2,1-3H3/t7?,8-,9+,10?/m1/s1. The van der Waals surface area contributed by atoms with Crippen LogP contribution in [-0.2, 0) is 23.8 Å². The number of aliphatic hydroxyl groups is 1. The van der Waals surface area contributed by atoms with Crippen molar-refractivity contribution in [2.75, 3.05) is 6.61 Å². The van der Waals surface area contributed by atoms with Gasteiger partial charge < -0.3 is 19.3 Å². The van der Waals surface area contributed by atoms with Crippen molar-refractivity contribution in [2.45, 2.75) is 58.0 Å². The predicted molar refractivity (Wildman–Crippen MR) is 61.8 cm³/mol. The number of ether oxygens (including phenoxy) is 3. The van der Waals surface area contributed by atoms with Gasteiger partial charge in [0.05, 0.1) is 12.7 Å². The minimum Gasteiger partial charge on any atom is -0.457 e. The van der Waals surface area contributed by atoms with E-state index in [1.54, 1.807) is 0 Å². The Morgan fingerprint density at radius 3 is 2.44 bits per heavy atom. The van der Waals surface area contributed by atoms with Gasteiger partial charge in [-0.1, -0.05) is 0 Å². The van der Waals surface area contributed by atoms with Crippen LogP contribution in [0.4, 0.5) is 0 Å². The van der Waals surface area contributed by atoms with Crippen LogP contribution in [0.5, 0.6) is 0 Å². The van der Waals surface area contributed by atoms with Crippen LogP contribution in [-0.4, -0.2) is 48.1 Å². The molecule has 1 heterocycles. The Bertz CT molecular complexity index is 293. The van der Waals surface area contributed by atoms with Crippen molar-refractivity contribution in [3.8, 4) is 0 Å². The molecule has 0 aliphatic carbocycles. The lowest BCUT2D eigenvalue weighted by molar-refractivity contribution is -0.179. The Labute approximate surface area is 106 Å². The summed E-state index contributed by atoms with van der Waals surface area (Å²) in [5.41, 5.74) is 0. The third-order valence-corrected chi connectivity index (χ3v) is 2.71. The maximum Gasteiger partial charge on any atom is 0.347 e. The SMILES string of the molecule is CC1CCC(OC(=O)[C@H](C)OC(=O)[C@@H](C)O)CO1. The largest absolute Gasteiger partial charge is 0.457 e. The van der Waals surface area contributed by atoms with E-state index in [0.717, 1.165) is 12.8 Å². The van der Waals surface area contributed by atoms with Crippen molar-refractivity contribution in [1.82, 2.24) is 0 Å².